The summed E-state index contributed by atoms with van der Waals surface area (Å²) < 4.78 is 16.2. The summed E-state index contributed by atoms with van der Waals surface area (Å²) in [6.07, 6.45) is -0.665. The Kier molecular flexibility index (Phi) is 6.72. The zero-order valence-corrected chi connectivity index (χ0v) is 17.2. The van der Waals surface area contributed by atoms with Crippen molar-refractivity contribution < 1.29 is 18.8 Å². The molecule has 8 heteroatoms. The molecule has 1 atom stereocenters. The number of amides is 1. The number of benzene rings is 2. The molecule has 2 aromatic carbocycles. The summed E-state index contributed by atoms with van der Waals surface area (Å²) in [4.78, 5) is 18.8. The molecule has 1 heterocycles. The van der Waals surface area contributed by atoms with Crippen LogP contribution in [0.15, 0.2) is 53.1 Å². The van der Waals surface area contributed by atoms with E-state index in [1.54, 1.807) is 55.3 Å². The molecule has 7 nitrogen and oxygen atoms in total. The summed E-state index contributed by atoms with van der Waals surface area (Å²) in [5.74, 6) is 1.93. The van der Waals surface area contributed by atoms with Crippen LogP contribution in [0.3, 0.4) is 0 Å². The molecule has 0 saturated heterocycles. The van der Waals surface area contributed by atoms with Crippen molar-refractivity contribution in [1.29, 1.82) is 0 Å². The molecule has 0 aliphatic carbocycles. The number of hydrogen-bond acceptors (Lipinski definition) is 6. The summed E-state index contributed by atoms with van der Waals surface area (Å²) in [5.41, 5.74) is 0.787. The minimum atomic E-state index is -0.665. The zero-order valence-electron chi connectivity index (χ0n) is 16.5. The molecular formula is C21H22ClN3O4. The molecule has 0 fully saturated rings. The molecule has 29 heavy (non-hydrogen) atoms. The van der Waals surface area contributed by atoms with Gasteiger partial charge < -0.3 is 18.9 Å². The number of halogens is 1. The fourth-order valence-electron chi connectivity index (χ4n) is 2.71. The van der Waals surface area contributed by atoms with E-state index < -0.39 is 6.10 Å². The van der Waals surface area contributed by atoms with Crippen molar-refractivity contribution in [3.05, 3.63) is 59.4 Å². The van der Waals surface area contributed by atoms with Crippen LogP contribution < -0.4 is 9.47 Å². The van der Waals surface area contributed by atoms with Crippen molar-refractivity contribution >= 4 is 17.5 Å². The largest absolute Gasteiger partial charge is 0.497 e. The quantitative estimate of drug-likeness (QED) is 0.548. The van der Waals surface area contributed by atoms with Crippen molar-refractivity contribution in [3.63, 3.8) is 0 Å². The number of aromatic nitrogens is 2. The van der Waals surface area contributed by atoms with Gasteiger partial charge in [-0.05, 0) is 62.4 Å². The number of carbonyl (C=O) groups excluding carboxylic acids is 1. The third kappa shape index (κ3) is 5.26. The molecule has 0 radical (unpaired) electrons. The van der Waals surface area contributed by atoms with E-state index >= 15 is 0 Å². The van der Waals surface area contributed by atoms with Crippen LogP contribution in [0.4, 0.5) is 0 Å². The summed E-state index contributed by atoms with van der Waals surface area (Å²) >= 11 is 5.90. The van der Waals surface area contributed by atoms with Gasteiger partial charge >= 0.3 is 0 Å². The Morgan fingerprint density at radius 3 is 2.41 bits per heavy atom. The molecule has 0 saturated carbocycles. The fourth-order valence-corrected chi connectivity index (χ4v) is 2.84. The van der Waals surface area contributed by atoms with Gasteiger partial charge in [0.25, 0.3) is 5.91 Å². The van der Waals surface area contributed by atoms with Gasteiger partial charge in [-0.25, -0.2) is 0 Å². The van der Waals surface area contributed by atoms with Gasteiger partial charge in [0, 0.05) is 17.1 Å². The Hall–Kier alpha value is -3.06. The summed E-state index contributed by atoms with van der Waals surface area (Å²) in [6.45, 7) is 4.27. The highest BCUT2D eigenvalue weighted by molar-refractivity contribution is 6.30. The molecule has 1 aromatic heterocycles. The maximum Gasteiger partial charge on any atom is 0.263 e. The first-order valence-corrected chi connectivity index (χ1v) is 9.56. The Morgan fingerprint density at radius 1 is 1.14 bits per heavy atom. The highest BCUT2D eigenvalue weighted by Gasteiger charge is 2.23. The van der Waals surface area contributed by atoms with Crippen LogP contribution in [0.1, 0.15) is 19.7 Å². The van der Waals surface area contributed by atoms with Crippen molar-refractivity contribution in [2.75, 3.05) is 13.7 Å². The van der Waals surface area contributed by atoms with E-state index in [0.29, 0.717) is 29.0 Å². The van der Waals surface area contributed by atoms with Crippen LogP contribution in [-0.4, -0.2) is 40.7 Å². The molecule has 0 N–H and O–H groups in total. The topological polar surface area (TPSA) is 77.7 Å². The normalized spacial score (nSPS) is 11.7. The SMILES string of the molecule is CCN(Cc1nc(-c2ccc(Cl)cc2)no1)C(=O)[C@H](C)Oc1ccc(OC)cc1. The fraction of sp³-hybridized carbons (Fsp3) is 0.286. The second kappa shape index (κ2) is 9.43. The first-order valence-electron chi connectivity index (χ1n) is 9.18. The predicted octanol–water partition coefficient (Wildman–Crippen LogP) is 4.21. The van der Waals surface area contributed by atoms with Gasteiger partial charge in [-0.1, -0.05) is 16.8 Å². The third-order valence-corrected chi connectivity index (χ3v) is 4.56. The van der Waals surface area contributed by atoms with E-state index in [2.05, 4.69) is 10.1 Å². The monoisotopic (exact) mass is 415 g/mol. The maximum absolute atomic E-state index is 12.8. The number of hydrogen-bond donors (Lipinski definition) is 0. The number of methoxy groups -OCH3 is 1. The number of likely N-dealkylation sites (N-methyl/N-ethyl adjacent to an activating group) is 1. The second-order valence-electron chi connectivity index (χ2n) is 6.31. The molecular weight excluding hydrogens is 394 g/mol. The van der Waals surface area contributed by atoms with Crippen LogP contribution in [0.5, 0.6) is 11.5 Å². The highest BCUT2D eigenvalue weighted by atomic mass is 35.5. The number of rotatable bonds is 8. The van der Waals surface area contributed by atoms with E-state index in [0.717, 1.165) is 11.3 Å². The average Bonchev–Trinajstić information content (AvgIpc) is 3.21. The van der Waals surface area contributed by atoms with Gasteiger partial charge in [-0.15, -0.1) is 0 Å². The van der Waals surface area contributed by atoms with Crippen LogP contribution >= 0.6 is 11.6 Å². The second-order valence-corrected chi connectivity index (χ2v) is 6.74. The molecule has 1 amide bonds. The predicted molar refractivity (Wildman–Crippen MR) is 109 cm³/mol. The molecule has 0 bridgehead atoms. The number of carbonyl (C=O) groups is 1. The Morgan fingerprint density at radius 2 is 1.79 bits per heavy atom. The third-order valence-electron chi connectivity index (χ3n) is 4.31. The minimum Gasteiger partial charge on any atom is -0.497 e. The van der Waals surface area contributed by atoms with Gasteiger partial charge in [0.15, 0.2) is 6.10 Å². The van der Waals surface area contributed by atoms with Crippen LogP contribution in [-0.2, 0) is 11.3 Å². The molecule has 3 rings (SSSR count). The van der Waals surface area contributed by atoms with Gasteiger partial charge in [0.1, 0.15) is 18.0 Å². The Labute approximate surface area is 174 Å². The number of nitrogens with zero attached hydrogens (tertiary/aromatic N) is 3. The molecule has 0 spiro atoms. The van der Waals surface area contributed by atoms with Crippen LogP contribution in [0.2, 0.25) is 5.02 Å². The first kappa shape index (κ1) is 20.7. The highest BCUT2D eigenvalue weighted by Crippen LogP contribution is 2.20. The van der Waals surface area contributed by atoms with E-state index in [-0.39, 0.29) is 12.5 Å². The van der Waals surface area contributed by atoms with Crippen LogP contribution in [0, 0.1) is 0 Å². The summed E-state index contributed by atoms with van der Waals surface area (Å²) in [6, 6.07) is 14.2. The van der Waals surface area contributed by atoms with E-state index in [1.165, 1.54) is 0 Å². The van der Waals surface area contributed by atoms with E-state index in [4.69, 9.17) is 25.6 Å². The molecule has 3 aromatic rings. The van der Waals surface area contributed by atoms with Gasteiger partial charge in [-0.2, -0.15) is 4.98 Å². The summed E-state index contributed by atoms with van der Waals surface area (Å²) in [7, 11) is 1.59. The van der Waals surface area contributed by atoms with Crippen molar-refractivity contribution in [2.24, 2.45) is 0 Å². The lowest BCUT2D eigenvalue weighted by Crippen LogP contribution is -2.40. The van der Waals surface area contributed by atoms with Crippen molar-refractivity contribution in [1.82, 2.24) is 15.0 Å². The Balaban J connectivity index is 1.64. The molecule has 0 aliphatic rings. The zero-order chi connectivity index (χ0) is 20.8. The maximum atomic E-state index is 12.8. The Bertz CT molecular complexity index is 941. The van der Waals surface area contributed by atoms with Gasteiger partial charge in [0.2, 0.25) is 11.7 Å². The first-order chi connectivity index (χ1) is 14.0. The van der Waals surface area contributed by atoms with Crippen LogP contribution in [0.25, 0.3) is 11.4 Å². The number of ether oxygens (including phenoxy) is 2. The minimum absolute atomic E-state index is 0.172. The van der Waals surface area contributed by atoms with Gasteiger partial charge in [0.05, 0.1) is 7.11 Å². The van der Waals surface area contributed by atoms with Crippen molar-refractivity contribution in [2.45, 2.75) is 26.5 Å². The van der Waals surface area contributed by atoms with E-state index in [1.807, 2.05) is 19.1 Å². The van der Waals surface area contributed by atoms with Crippen molar-refractivity contribution in [3.8, 4) is 22.9 Å². The molecule has 0 aliphatic heterocycles. The van der Waals surface area contributed by atoms with E-state index in [9.17, 15) is 4.79 Å². The molecule has 0 unspecified atom stereocenters. The lowest BCUT2D eigenvalue weighted by molar-refractivity contribution is -0.138. The lowest BCUT2D eigenvalue weighted by Gasteiger charge is -2.23. The lowest BCUT2D eigenvalue weighted by atomic mass is 10.2. The van der Waals surface area contributed by atoms with Gasteiger partial charge in [-0.3, -0.25) is 4.79 Å². The summed E-state index contributed by atoms with van der Waals surface area (Å²) in [5, 5.41) is 4.61. The molecule has 152 valence electrons. The average molecular weight is 416 g/mol. The smallest absolute Gasteiger partial charge is 0.263 e. The standard InChI is InChI=1S/C21H22ClN3O4/c1-4-25(21(26)14(2)28-18-11-9-17(27-3)10-12-18)13-19-23-20(24-29-19)15-5-7-16(22)8-6-15/h5-12,14H,4,13H2,1-3H3/t14-/m0/s1.